The minimum Gasteiger partial charge on any atom is -0.237 e. The molecule has 0 aromatic heterocycles. The van der Waals surface area contributed by atoms with Gasteiger partial charge in [0.2, 0.25) is 0 Å². The zero-order valence-corrected chi connectivity index (χ0v) is 16.5. The van der Waals surface area contributed by atoms with Gasteiger partial charge in [-0.25, -0.2) is 8.93 Å². The number of rotatable bonds is 5. The zero-order chi connectivity index (χ0) is 17.0. The van der Waals surface area contributed by atoms with Gasteiger partial charge in [-0.2, -0.15) is 0 Å². The molecular formula is C19H23NOS3. The summed E-state index contributed by atoms with van der Waals surface area (Å²) < 4.78 is 16.3. The summed E-state index contributed by atoms with van der Waals surface area (Å²) in [6.07, 6.45) is 1.24. The fraction of sp³-hybridized carbons (Fsp3) is 0.368. The predicted octanol–water partition coefficient (Wildman–Crippen LogP) is 4.93. The maximum absolute atomic E-state index is 12.9. The zero-order valence-electron chi connectivity index (χ0n) is 14.0. The fourth-order valence-electron chi connectivity index (χ4n) is 2.78. The molecule has 2 nitrogen and oxygen atoms in total. The SMILES string of the molecule is Cc1ccc(S(=O)N[C@@H](c2ccccc2)C2(C)SCCCS2)cc1. The number of hydrogen-bond acceptors (Lipinski definition) is 3. The molecule has 1 fully saturated rings. The predicted molar refractivity (Wildman–Crippen MR) is 108 cm³/mol. The van der Waals surface area contributed by atoms with E-state index in [4.69, 9.17) is 0 Å². The first kappa shape index (κ1) is 18.1. The third-order valence-electron chi connectivity index (χ3n) is 4.18. The molecule has 1 aliphatic rings. The van der Waals surface area contributed by atoms with Crippen LogP contribution in [0.25, 0.3) is 0 Å². The fourth-order valence-corrected chi connectivity index (χ4v) is 7.16. The highest BCUT2D eigenvalue weighted by Crippen LogP contribution is 2.50. The van der Waals surface area contributed by atoms with Gasteiger partial charge in [0.25, 0.3) is 0 Å². The monoisotopic (exact) mass is 377 g/mol. The average Bonchev–Trinajstić information content (AvgIpc) is 2.61. The molecule has 5 heteroatoms. The Kier molecular flexibility index (Phi) is 6.08. The van der Waals surface area contributed by atoms with Crippen molar-refractivity contribution in [2.24, 2.45) is 0 Å². The molecule has 1 unspecified atom stereocenters. The number of thioether (sulfide) groups is 2. The van der Waals surface area contributed by atoms with Crippen molar-refractivity contribution in [2.45, 2.75) is 35.3 Å². The molecule has 0 aliphatic carbocycles. The smallest absolute Gasteiger partial charge is 0.125 e. The summed E-state index contributed by atoms with van der Waals surface area (Å²) in [6, 6.07) is 18.4. The van der Waals surface area contributed by atoms with Crippen LogP contribution in [0.1, 0.15) is 30.5 Å². The van der Waals surface area contributed by atoms with Crippen molar-refractivity contribution in [1.29, 1.82) is 0 Å². The first-order valence-electron chi connectivity index (χ1n) is 8.16. The van der Waals surface area contributed by atoms with Crippen LogP contribution in [0.15, 0.2) is 59.5 Å². The number of aryl methyl sites for hydroxylation is 1. The lowest BCUT2D eigenvalue weighted by Crippen LogP contribution is -2.39. The lowest BCUT2D eigenvalue weighted by molar-refractivity contribution is 0.598. The lowest BCUT2D eigenvalue weighted by Gasteiger charge is -2.39. The van der Waals surface area contributed by atoms with Gasteiger partial charge in [-0.1, -0.05) is 48.0 Å². The van der Waals surface area contributed by atoms with Gasteiger partial charge in [-0.15, -0.1) is 23.5 Å². The van der Waals surface area contributed by atoms with Gasteiger partial charge in [0.1, 0.15) is 11.0 Å². The molecule has 2 atom stereocenters. The maximum Gasteiger partial charge on any atom is 0.125 e. The largest absolute Gasteiger partial charge is 0.237 e. The Balaban J connectivity index is 1.87. The summed E-state index contributed by atoms with van der Waals surface area (Å²) >= 11 is 3.95. The first-order chi connectivity index (χ1) is 11.6. The van der Waals surface area contributed by atoms with Crippen molar-refractivity contribution in [2.75, 3.05) is 11.5 Å². The molecule has 2 aromatic rings. The molecule has 24 heavy (non-hydrogen) atoms. The standard InChI is InChI=1S/C19H23NOS3/c1-15-9-11-17(12-10-15)24(21)20-18(16-7-4-3-5-8-16)19(2)22-13-6-14-23-19/h3-5,7-12,18,20H,6,13-14H2,1-2H3/t18-,24?/m0/s1. The van der Waals surface area contributed by atoms with E-state index < -0.39 is 11.0 Å². The molecule has 0 radical (unpaired) electrons. The van der Waals surface area contributed by atoms with Crippen LogP contribution in [0.5, 0.6) is 0 Å². The second kappa shape index (κ2) is 8.09. The van der Waals surface area contributed by atoms with Crippen molar-refractivity contribution in [1.82, 2.24) is 4.72 Å². The molecular weight excluding hydrogens is 354 g/mol. The molecule has 1 heterocycles. The van der Waals surface area contributed by atoms with Crippen LogP contribution in [-0.4, -0.2) is 19.8 Å². The van der Waals surface area contributed by atoms with Crippen LogP contribution in [0.3, 0.4) is 0 Å². The highest BCUT2D eigenvalue weighted by atomic mass is 32.2. The van der Waals surface area contributed by atoms with E-state index in [9.17, 15) is 4.21 Å². The van der Waals surface area contributed by atoms with E-state index in [0.717, 1.165) is 16.4 Å². The van der Waals surface area contributed by atoms with Crippen molar-refractivity contribution in [3.05, 3.63) is 65.7 Å². The Bertz CT molecular complexity index is 682. The minimum atomic E-state index is -1.23. The average molecular weight is 378 g/mol. The minimum absolute atomic E-state index is 0.0139. The Morgan fingerprint density at radius 2 is 1.67 bits per heavy atom. The number of hydrogen-bond donors (Lipinski definition) is 1. The topological polar surface area (TPSA) is 29.1 Å². The number of nitrogens with one attached hydrogen (secondary N) is 1. The van der Waals surface area contributed by atoms with Gasteiger partial charge >= 0.3 is 0 Å². The van der Waals surface area contributed by atoms with Crippen LogP contribution in [0.2, 0.25) is 0 Å². The lowest BCUT2D eigenvalue weighted by atomic mass is 10.1. The molecule has 0 amide bonds. The second-order valence-corrected chi connectivity index (χ2v) is 10.7. The third-order valence-corrected chi connectivity index (χ3v) is 8.64. The van der Waals surface area contributed by atoms with Gasteiger partial charge < -0.3 is 0 Å². The first-order valence-corrected chi connectivity index (χ1v) is 11.3. The van der Waals surface area contributed by atoms with Crippen LogP contribution < -0.4 is 4.72 Å². The molecule has 3 rings (SSSR count). The Morgan fingerprint density at radius 3 is 2.29 bits per heavy atom. The molecule has 0 spiro atoms. The third kappa shape index (κ3) is 4.26. The summed E-state index contributed by atoms with van der Waals surface area (Å²) in [6.45, 7) is 4.32. The van der Waals surface area contributed by atoms with E-state index >= 15 is 0 Å². The van der Waals surface area contributed by atoms with Crippen LogP contribution in [0.4, 0.5) is 0 Å². The van der Waals surface area contributed by atoms with Crippen molar-refractivity contribution >= 4 is 34.5 Å². The Labute approximate surface area is 155 Å². The molecule has 1 saturated heterocycles. The molecule has 1 aliphatic heterocycles. The van der Waals surface area contributed by atoms with Crippen molar-refractivity contribution in [3.8, 4) is 0 Å². The van der Waals surface area contributed by atoms with Gasteiger partial charge in [0.15, 0.2) is 0 Å². The van der Waals surface area contributed by atoms with Gasteiger partial charge in [0.05, 0.1) is 15.0 Å². The van der Waals surface area contributed by atoms with Gasteiger partial charge in [0, 0.05) is 0 Å². The van der Waals surface area contributed by atoms with E-state index in [1.165, 1.54) is 17.5 Å². The van der Waals surface area contributed by atoms with Crippen LogP contribution >= 0.6 is 23.5 Å². The molecule has 1 N–H and O–H groups in total. The van der Waals surface area contributed by atoms with E-state index in [2.05, 4.69) is 35.9 Å². The summed E-state index contributed by atoms with van der Waals surface area (Å²) in [5.41, 5.74) is 2.38. The highest BCUT2D eigenvalue weighted by molar-refractivity contribution is 8.18. The van der Waals surface area contributed by atoms with Gasteiger partial charge in [-0.3, -0.25) is 0 Å². The second-order valence-electron chi connectivity index (χ2n) is 6.11. The summed E-state index contributed by atoms with van der Waals surface area (Å²) in [7, 11) is -1.23. The molecule has 2 aromatic carbocycles. The van der Waals surface area contributed by atoms with Crippen molar-refractivity contribution in [3.63, 3.8) is 0 Å². The molecule has 0 bridgehead atoms. The normalized spacial score (nSPS) is 19.6. The van der Waals surface area contributed by atoms with Crippen molar-refractivity contribution < 1.29 is 4.21 Å². The summed E-state index contributed by atoms with van der Waals surface area (Å²) in [4.78, 5) is 0.830. The molecule has 0 saturated carbocycles. The highest BCUT2D eigenvalue weighted by Gasteiger charge is 2.39. The van der Waals surface area contributed by atoms with E-state index in [1.807, 2.05) is 60.8 Å². The van der Waals surface area contributed by atoms with Crippen LogP contribution in [-0.2, 0) is 11.0 Å². The molecule has 128 valence electrons. The van der Waals surface area contributed by atoms with E-state index in [0.29, 0.717) is 0 Å². The Morgan fingerprint density at radius 1 is 1.04 bits per heavy atom. The van der Waals surface area contributed by atoms with Crippen LogP contribution in [0, 0.1) is 6.92 Å². The summed E-state index contributed by atoms with van der Waals surface area (Å²) in [5.74, 6) is 2.32. The van der Waals surface area contributed by atoms with E-state index in [1.54, 1.807) is 0 Å². The summed E-state index contributed by atoms with van der Waals surface area (Å²) in [5, 5.41) is 0. The number of benzene rings is 2. The van der Waals surface area contributed by atoms with E-state index in [-0.39, 0.29) is 10.1 Å². The Hall–Kier alpha value is -0.750. The van der Waals surface area contributed by atoms with Gasteiger partial charge in [-0.05, 0) is 49.5 Å². The quantitative estimate of drug-likeness (QED) is 0.800. The maximum atomic E-state index is 12.9.